The zero-order valence-electron chi connectivity index (χ0n) is 13.2. The van der Waals surface area contributed by atoms with Crippen LogP contribution in [0.25, 0.3) is 0 Å². The molecular weight excluding hydrogens is 272 g/mol. The van der Waals surface area contributed by atoms with Crippen LogP contribution in [0, 0.1) is 10.8 Å². The molecule has 4 heteroatoms. The molecule has 20 heavy (non-hydrogen) atoms. The van der Waals surface area contributed by atoms with Crippen molar-refractivity contribution in [1.29, 1.82) is 0 Å². The van der Waals surface area contributed by atoms with Gasteiger partial charge < -0.3 is 4.74 Å². The van der Waals surface area contributed by atoms with E-state index in [1.54, 1.807) is 6.26 Å². The summed E-state index contributed by atoms with van der Waals surface area (Å²) in [5.74, 6) is 0.314. The van der Waals surface area contributed by atoms with E-state index >= 15 is 0 Å². The molecule has 3 nitrogen and oxygen atoms in total. The maximum atomic E-state index is 12.6. The number of carbonyl (C=O) groups is 2. The number of ether oxygens (including phenoxy) is 1. The van der Waals surface area contributed by atoms with Crippen LogP contribution in [-0.2, 0) is 9.53 Å². The van der Waals surface area contributed by atoms with E-state index in [0.717, 1.165) is 37.4 Å². The molecule has 0 amide bonds. The van der Waals surface area contributed by atoms with Crippen LogP contribution >= 0.6 is 11.8 Å². The average Bonchev–Trinajstić information content (AvgIpc) is 2.33. The Bertz CT molecular complexity index is 395. The molecule has 0 bridgehead atoms. The lowest BCUT2D eigenvalue weighted by molar-refractivity contribution is -0.136. The molecule has 0 spiro atoms. The minimum Gasteiger partial charge on any atom is -0.450 e. The molecular formula is C16H26O3S. The summed E-state index contributed by atoms with van der Waals surface area (Å²) in [5, 5.41) is -0.242. The predicted octanol–water partition coefficient (Wildman–Crippen LogP) is 4.61. The summed E-state index contributed by atoms with van der Waals surface area (Å²) < 4.78 is 5.32. The molecule has 2 unspecified atom stereocenters. The summed E-state index contributed by atoms with van der Waals surface area (Å²) in [6.07, 6.45) is 8.75. The number of thioether (sulfide) groups is 1. The van der Waals surface area contributed by atoms with Gasteiger partial charge in [-0.3, -0.25) is 4.79 Å². The van der Waals surface area contributed by atoms with Gasteiger partial charge in [0.1, 0.15) is 11.9 Å². The number of allylic oxidation sites excluding steroid dienone is 1. The normalized spacial score (nSPS) is 29.1. The summed E-state index contributed by atoms with van der Waals surface area (Å²) in [5.41, 5.74) is -0.615. The Hall–Kier alpha value is -0.770. The van der Waals surface area contributed by atoms with Gasteiger partial charge in [0.2, 0.25) is 0 Å². The van der Waals surface area contributed by atoms with Crippen LogP contribution in [0.3, 0.4) is 0 Å². The molecule has 0 radical (unpaired) electrons. The van der Waals surface area contributed by atoms with E-state index in [2.05, 4.69) is 6.92 Å². The van der Waals surface area contributed by atoms with Crippen molar-refractivity contribution >= 4 is 22.8 Å². The van der Waals surface area contributed by atoms with Gasteiger partial charge in [0.25, 0.3) is 0 Å². The van der Waals surface area contributed by atoms with Gasteiger partial charge in [-0.1, -0.05) is 33.8 Å². The lowest BCUT2D eigenvalue weighted by Gasteiger charge is -2.35. The maximum Gasteiger partial charge on any atom is 0.367 e. The highest BCUT2D eigenvalue weighted by molar-refractivity contribution is 8.12. The Morgan fingerprint density at radius 1 is 1.35 bits per heavy atom. The summed E-state index contributed by atoms with van der Waals surface area (Å²) in [6.45, 7) is 7.99. The Balaban J connectivity index is 2.74. The highest BCUT2D eigenvalue weighted by Crippen LogP contribution is 2.38. The number of rotatable bonds is 2. The first-order valence-corrected chi connectivity index (χ1v) is 8.38. The van der Waals surface area contributed by atoms with Crippen molar-refractivity contribution in [3.8, 4) is 0 Å². The van der Waals surface area contributed by atoms with Crippen molar-refractivity contribution in [2.24, 2.45) is 10.8 Å². The fourth-order valence-electron chi connectivity index (χ4n) is 2.75. The third kappa shape index (κ3) is 4.65. The van der Waals surface area contributed by atoms with E-state index in [0.29, 0.717) is 5.78 Å². The van der Waals surface area contributed by atoms with E-state index in [1.165, 1.54) is 0 Å². The highest BCUT2D eigenvalue weighted by atomic mass is 32.2. The van der Waals surface area contributed by atoms with Gasteiger partial charge in [-0.25, -0.2) is 4.79 Å². The second kappa shape index (κ2) is 6.79. The number of hydrogen-bond donors (Lipinski definition) is 0. The fraction of sp³-hybridized carbons (Fsp3) is 0.750. The number of carbonyl (C=O) groups excluding carboxylic acids is 2. The number of hydrogen-bond acceptors (Lipinski definition) is 4. The van der Waals surface area contributed by atoms with Crippen LogP contribution in [0.5, 0.6) is 0 Å². The predicted molar refractivity (Wildman–Crippen MR) is 84.0 cm³/mol. The van der Waals surface area contributed by atoms with Crippen molar-refractivity contribution in [2.45, 2.75) is 59.5 Å². The summed E-state index contributed by atoms with van der Waals surface area (Å²) >= 11 is 1.09. The van der Waals surface area contributed by atoms with Gasteiger partial charge in [-0.2, -0.15) is 0 Å². The number of ketones is 1. The summed E-state index contributed by atoms with van der Waals surface area (Å²) in [7, 11) is 0. The van der Waals surface area contributed by atoms with Gasteiger partial charge in [0.15, 0.2) is 0 Å². The van der Waals surface area contributed by atoms with Gasteiger partial charge in [-0.05, 0) is 49.8 Å². The minimum atomic E-state index is -0.313. The molecule has 0 fully saturated rings. The molecule has 0 aliphatic heterocycles. The molecule has 0 heterocycles. The third-order valence-corrected chi connectivity index (χ3v) is 4.21. The maximum absolute atomic E-state index is 12.6. The molecule has 0 aromatic rings. The Kier molecular flexibility index (Phi) is 5.87. The van der Waals surface area contributed by atoms with Gasteiger partial charge in [0, 0.05) is 10.8 Å². The van der Waals surface area contributed by atoms with Crippen molar-refractivity contribution in [2.75, 3.05) is 6.26 Å². The van der Waals surface area contributed by atoms with Crippen LogP contribution in [0.2, 0.25) is 0 Å². The quantitative estimate of drug-likeness (QED) is 0.551. The topological polar surface area (TPSA) is 43.4 Å². The van der Waals surface area contributed by atoms with Gasteiger partial charge in [-0.15, -0.1) is 0 Å². The lowest BCUT2D eigenvalue weighted by Crippen LogP contribution is -2.37. The molecule has 1 aliphatic carbocycles. The van der Waals surface area contributed by atoms with E-state index in [4.69, 9.17) is 4.74 Å². The van der Waals surface area contributed by atoms with Crippen LogP contribution in [-0.4, -0.2) is 23.4 Å². The SMILES string of the molecule is CSC(=O)OC1/C=C/CC(C)(C(=O)C(C)(C)C)CCC1. The molecule has 1 rings (SSSR count). The van der Waals surface area contributed by atoms with Gasteiger partial charge >= 0.3 is 5.30 Å². The van der Waals surface area contributed by atoms with Crippen LogP contribution < -0.4 is 0 Å². The standard InChI is InChI=1S/C16H26O3S/c1-15(2,3)13(17)16(4)10-6-8-12(9-7-11-16)19-14(18)20-5/h6,8,12H,7,9-11H2,1-5H3/b8-6+. The van der Waals surface area contributed by atoms with Crippen molar-refractivity contribution in [3.05, 3.63) is 12.2 Å². The lowest BCUT2D eigenvalue weighted by atomic mass is 9.68. The first-order chi connectivity index (χ1) is 9.19. The third-order valence-electron chi connectivity index (χ3n) is 3.78. The van der Waals surface area contributed by atoms with Crippen LogP contribution in [0.4, 0.5) is 4.79 Å². The largest absolute Gasteiger partial charge is 0.450 e. The molecule has 0 saturated heterocycles. The second-order valence-electron chi connectivity index (χ2n) is 6.77. The van der Waals surface area contributed by atoms with E-state index < -0.39 is 0 Å². The molecule has 114 valence electrons. The molecule has 0 saturated carbocycles. The van der Waals surface area contributed by atoms with Crippen molar-refractivity contribution in [3.63, 3.8) is 0 Å². The Morgan fingerprint density at radius 2 is 2.00 bits per heavy atom. The molecule has 0 aromatic carbocycles. The van der Waals surface area contributed by atoms with Crippen molar-refractivity contribution in [1.82, 2.24) is 0 Å². The summed E-state index contributed by atoms with van der Waals surface area (Å²) in [4.78, 5) is 23.9. The molecule has 2 atom stereocenters. The first kappa shape index (κ1) is 17.3. The Morgan fingerprint density at radius 3 is 2.55 bits per heavy atom. The van der Waals surface area contributed by atoms with E-state index in [9.17, 15) is 9.59 Å². The Labute approximate surface area is 126 Å². The molecule has 0 N–H and O–H groups in total. The summed E-state index contributed by atoms with van der Waals surface area (Å²) in [6, 6.07) is 0. The van der Waals surface area contributed by atoms with Crippen LogP contribution in [0.1, 0.15) is 53.4 Å². The van der Waals surface area contributed by atoms with E-state index in [-0.39, 0.29) is 22.2 Å². The van der Waals surface area contributed by atoms with Crippen LogP contribution in [0.15, 0.2) is 12.2 Å². The average molecular weight is 298 g/mol. The monoisotopic (exact) mass is 298 g/mol. The molecule has 1 aliphatic rings. The van der Waals surface area contributed by atoms with Gasteiger partial charge in [0.05, 0.1) is 0 Å². The zero-order valence-corrected chi connectivity index (χ0v) is 14.0. The zero-order chi connectivity index (χ0) is 15.4. The smallest absolute Gasteiger partial charge is 0.367 e. The van der Waals surface area contributed by atoms with E-state index in [1.807, 2.05) is 32.9 Å². The first-order valence-electron chi connectivity index (χ1n) is 7.15. The second-order valence-corrected chi connectivity index (χ2v) is 7.52. The minimum absolute atomic E-state index is 0.149. The fourth-order valence-corrected chi connectivity index (χ4v) is 2.97. The number of Topliss-reactive ketones (excluding diaryl/α,β-unsaturated/α-hetero) is 1. The van der Waals surface area contributed by atoms with Crippen molar-refractivity contribution < 1.29 is 14.3 Å². The highest BCUT2D eigenvalue weighted by Gasteiger charge is 2.39. The molecule has 0 aromatic heterocycles.